The van der Waals surface area contributed by atoms with Crippen molar-refractivity contribution in [2.45, 2.75) is 25.9 Å². The largest absolute Gasteiger partial charge is 0.358 e. The van der Waals surface area contributed by atoms with Crippen LogP contribution in [0.25, 0.3) is 0 Å². The van der Waals surface area contributed by atoms with Crippen LogP contribution in [0.3, 0.4) is 0 Å². The first-order chi connectivity index (χ1) is 9.61. The van der Waals surface area contributed by atoms with E-state index in [4.69, 9.17) is 0 Å². The van der Waals surface area contributed by atoms with E-state index in [1.807, 2.05) is 13.0 Å². The van der Waals surface area contributed by atoms with E-state index in [0.29, 0.717) is 0 Å². The fourth-order valence-electron chi connectivity index (χ4n) is 2.10. The molecule has 0 saturated carbocycles. The molecule has 2 aromatic rings. The van der Waals surface area contributed by atoms with Crippen LogP contribution >= 0.6 is 11.3 Å². The van der Waals surface area contributed by atoms with E-state index in [1.165, 1.54) is 16.0 Å². The van der Waals surface area contributed by atoms with Crippen molar-refractivity contribution in [3.8, 4) is 0 Å². The maximum atomic E-state index is 11.7. The Hall–Kier alpha value is -1.65. The Labute approximate surface area is 124 Å². The van der Waals surface area contributed by atoms with Crippen LogP contribution in [-0.4, -0.2) is 19.0 Å². The maximum absolute atomic E-state index is 11.7. The predicted octanol–water partition coefficient (Wildman–Crippen LogP) is 2.87. The minimum atomic E-state index is -0.242. The number of amides is 1. The summed E-state index contributed by atoms with van der Waals surface area (Å²) in [5.74, 6) is -0.00123. The van der Waals surface area contributed by atoms with Crippen molar-refractivity contribution in [3.05, 3.63) is 57.8 Å². The topological polar surface area (TPSA) is 41.1 Å². The second-order valence-corrected chi connectivity index (χ2v) is 5.84. The van der Waals surface area contributed by atoms with Crippen molar-refractivity contribution in [3.63, 3.8) is 0 Å². The lowest BCUT2D eigenvalue weighted by Gasteiger charge is -2.22. The first kappa shape index (κ1) is 14.8. The van der Waals surface area contributed by atoms with Crippen LogP contribution in [0.5, 0.6) is 0 Å². The van der Waals surface area contributed by atoms with Gasteiger partial charge in [-0.2, -0.15) is 0 Å². The van der Waals surface area contributed by atoms with Gasteiger partial charge in [-0.25, -0.2) is 0 Å². The molecule has 1 amide bonds. The summed E-state index contributed by atoms with van der Waals surface area (Å²) in [6, 6.07) is 12.4. The van der Waals surface area contributed by atoms with Gasteiger partial charge in [0.05, 0.1) is 12.1 Å². The smallest absolute Gasteiger partial charge is 0.236 e. The molecule has 4 heteroatoms. The fourth-order valence-corrected chi connectivity index (χ4v) is 2.91. The Morgan fingerprint density at radius 2 is 1.90 bits per heavy atom. The third-order valence-corrected chi connectivity index (χ3v) is 4.23. The average molecular weight is 288 g/mol. The van der Waals surface area contributed by atoms with E-state index >= 15 is 0 Å². The Balaban J connectivity index is 2.26. The van der Waals surface area contributed by atoms with Crippen molar-refractivity contribution >= 4 is 17.2 Å². The van der Waals surface area contributed by atoms with Crippen molar-refractivity contribution < 1.29 is 4.79 Å². The number of rotatable bonds is 5. The third-order valence-electron chi connectivity index (χ3n) is 3.29. The summed E-state index contributed by atoms with van der Waals surface area (Å²) in [6.45, 7) is 3.96. The molecule has 0 fully saturated rings. The van der Waals surface area contributed by atoms with Gasteiger partial charge in [-0.05, 0) is 30.9 Å². The lowest BCUT2D eigenvalue weighted by molar-refractivity contribution is -0.122. The van der Waals surface area contributed by atoms with Gasteiger partial charge in [0.15, 0.2) is 0 Å². The van der Waals surface area contributed by atoms with Gasteiger partial charge in [0.1, 0.15) is 0 Å². The average Bonchev–Trinajstić information content (AvgIpc) is 2.98. The lowest BCUT2D eigenvalue weighted by atomic mass is 10.0. The summed E-state index contributed by atoms with van der Waals surface area (Å²) in [5, 5.41) is 8.14. The number of thiophene rings is 1. The molecule has 3 nitrogen and oxygen atoms in total. The molecule has 0 aliphatic carbocycles. The highest BCUT2D eigenvalue weighted by Gasteiger charge is 2.20. The first-order valence-corrected chi connectivity index (χ1v) is 7.57. The van der Waals surface area contributed by atoms with E-state index in [2.05, 4.69) is 53.3 Å². The number of benzene rings is 1. The van der Waals surface area contributed by atoms with E-state index in [1.54, 1.807) is 18.4 Å². The standard InChI is InChI=1S/C16H20N2OS/c1-11-6-8-13(9-7-11)15(14-5-4-10-20-14)18-12(2)16(19)17-3/h4-10,12,15,18H,1-3H3,(H,17,19)/t12-,15+/m1/s1. The molecule has 0 unspecified atom stereocenters. The number of hydrogen-bond acceptors (Lipinski definition) is 3. The highest BCUT2D eigenvalue weighted by Crippen LogP contribution is 2.26. The van der Waals surface area contributed by atoms with Gasteiger partial charge in [-0.1, -0.05) is 35.9 Å². The van der Waals surface area contributed by atoms with Crippen molar-refractivity contribution in [2.24, 2.45) is 0 Å². The van der Waals surface area contributed by atoms with Gasteiger partial charge in [-0.3, -0.25) is 10.1 Å². The molecule has 0 spiro atoms. The summed E-state index contributed by atoms with van der Waals surface area (Å²) in [6.07, 6.45) is 0. The summed E-state index contributed by atoms with van der Waals surface area (Å²) in [7, 11) is 1.66. The van der Waals surface area contributed by atoms with Crippen LogP contribution in [-0.2, 0) is 4.79 Å². The fraction of sp³-hybridized carbons (Fsp3) is 0.312. The number of carbonyl (C=O) groups is 1. The molecule has 0 aliphatic rings. The van der Waals surface area contributed by atoms with Crippen LogP contribution in [0.1, 0.15) is 29.0 Å². The second kappa shape index (κ2) is 6.68. The zero-order chi connectivity index (χ0) is 14.5. The van der Waals surface area contributed by atoms with Crippen LogP contribution < -0.4 is 10.6 Å². The van der Waals surface area contributed by atoms with Gasteiger partial charge in [0.2, 0.25) is 5.91 Å². The number of carbonyl (C=O) groups excluding carboxylic acids is 1. The third kappa shape index (κ3) is 3.46. The Morgan fingerprint density at radius 3 is 2.45 bits per heavy atom. The monoisotopic (exact) mass is 288 g/mol. The molecule has 0 bridgehead atoms. The van der Waals surface area contributed by atoms with Crippen molar-refractivity contribution in [1.82, 2.24) is 10.6 Å². The molecule has 0 saturated heterocycles. The second-order valence-electron chi connectivity index (χ2n) is 4.86. The molecule has 106 valence electrons. The molecule has 0 aliphatic heterocycles. The SMILES string of the molecule is CNC(=O)[C@@H](C)N[C@@H](c1ccc(C)cc1)c1cccs1. The van der Waals surface area contributed by atoms with Gasteiger partial charge < -0.3 is 5.32 Å². The molecule has 1 aromatic heterocycles. The minimum absolute atomic E-state index is 0.00123. The maximum Gasteiger partial charge on any atom is 0.236 e. The predicted molar refractivity (Wildman–Crippen MR) is 84.0 cm³/mol. The zero-order valence-corrected chi connectivity index (χ0v) is 12.8. The number of aryl methyl sites for hydroxylation is 1. The van der Waals surface area contributed by atoms with Crippen molar-refractivity contribution in [2.75, 3.05) is 7.05 Å². The van der Waals surface area contributed by atoms with E-state index in [9.17, 15) is 4.79 Å². The van der Waals surface area contributed by atoms with Crippen LogP contribution in [0.4, 0.5) is 0 Å². The minimum Gasteiger partial charge on any atom is -0.358 e. The zero-order valence-electron chi connectivity index (χ0n) is 12.0. The molecule has 20 heavy (non-hydrogen) atoms. The van der Waals surface area contributed by atoms with E-state index < -0.39 is 0 Å². The van der Waals surface area contributed by atoms with Crippen molar-refractivity contribution in [1.29, 1.82) is 0 Å². The molecular formula is C16H20N2OS. The van der Waals surface area contributed by atoms with Crippen LogP contribution in [0.15, 0.2) is 41.8 Å². The molecule has 0 radical (unpaired) electrons. The molecular weight excluding hydrogens is 268 g/mol. The Morgan fingerprint density at radius 1 is 1.20 bits per heavy atom. The Bertz CT molecular complexity index is 548. The highest BCUT2D eigenvalue weighted by molar-refractivity contribution is 7.10. The molecule has 2 N–H and O–H groups in total. The van der Waals surface area contributed by atoms with E-state index in [0.717, 1.165) is 0 Å². The van der Waals surface area contributed by atoms with Gasteiger partial charge in [0.25, 0.3) is 0 Å². The number of likely N-dealkylation sites (N-methyl/N-ethyl adjacent to an activating group) is 1. The van der Waals surface area contributed by atoms with E-state index in [-0.39, 0.29) is 18.0 Å². The van der Waals surface area contributed by atoms with Crippen LogP contribution in [0, 0.1) is 6.92 Å². The lowest BCUT2D eigenvalue weighted by Crippen LogP contribution is -2.42. The van der Waals surface area contributed by atoms with Gasteiger partial charge in [-0.15, -0.1) is 11.3 Å². The molecule has 1 heterocycles. The summed E-state index contributed by atoms with van der Waals surface area (Å²) in [5.41, 5.74) is 2.41. The van der Waals surface area contributed by atoms with Gasteiger partial charge in [0, 0.05) is 11.9 Å². The quantitative estimate of drug-likeness (QED) is 0.888. The number of nitrogens with one attached hydrogen (secondary N) is 2. The van der Waals surface area contributed by atoms with Gasteiger partial charge >= 0.3 is 0 Å². The molecule has 2 rings (SSSR count). The Kier molecular flexibility index (Phi) is 4.93. The highest BCUT2D eigenvalue weighted by atomic mass is 32.1. The summed E-state index contributed by atoms with van der Waals surface area (Å²) < 4.78 is 0. The number of hydrogen-bond donors (Lipinski definition) is 2. The molecule has 2 atom stereocenters. The summed E-state index contributed by atoms with van der Waals surface area (Å²) >= 11 is 1.70. The van der Waals surface area contributed by atoms with Crippen LogP contribution in [0.2, 0.25) is 0 Å². The molecule has 1 aromatic carbocycles. The normalized spacial score (nSPS) is 13.8. The summed E-state index contributed by atoms with van der Waals surface area (Å²) in [4.78, 5) is 12.9. The first-order valence-electron chi connectivity index (χ1n) is 6.69.